The molecule has 5 nitrogen and oxygen atoms in total. The van der Waals surface area contributed by atoms with Crippen LogP contribution in [0.2, 0.25) is 0 Å². The molecule has 0 aliphatic heterocycles. The molecule has 3 N–H and O–H groups in total. The molecule has 0 radical (unpaired) electrons. The van der Waals surface area contributed by atoms with Crippen molar-refractivity contribution in [3.05, 3.63) is 71.7 Å². The van der Waals surface area contributed by atoms with Crippen molar-refractivity contribution in [3.63, 3.8) is 0 Å². The topological polar surface area (TPSA) is 73.8 Å². The summed E-state index contributed by atoms with van der Waals surface area (Å²) in [4.78, 5) is 3.96. The van der Waals surface area contributed by atoms with Crippen molar-refractivity contribution < 1.29 is 5.11 Å². The van der Waals surface area contributed by atoms with Crippen LogP contribution in [0.5, 0.6) is 0 Å². The molecule has 2 heterocycles. The molecule has 1 aromatic carbocycles. The minimum atomic E-state index is -0.548. The Bertz CT molecular complexity index is 737. The first-order chi connectivity index (χ1) is 11.2. The van der Waals surface area contributed by atoms with E-state index < -0.39 is 6.10 Å². The zero-order valence-corrected chi connectivity index (χ0v) is 13.0. The summed E-state index contributed by atoms with van der Waals surface area (Å²) in [6.07, 6.45) is 4.64. The highest BCUT2D eigenvalue weighted by Crippen LogP contribution is 2.21. The second-order valence-corrected chi connectivity index (χ2v) is 5.56. The van der Waals surface area contributed by atoms with Gasteiger partial charge in [-0.15, -0.1) is 0 Å². The Kier molecular flexibility index (Phi) is 4.80. The number of nitrogens with one attached hydrogen (secondary N) is 2. The van der Waals surface area contributed by atoms with Crippen LogP contribution in [0.4, 0.5) is 0 Å². The Morgan fingerprint density at radius 3 is 2.61 bits per heavy atom. The molecule has 3 rings (SSSR count). The van der Waals surface area contributed by atoms with E-state index >= 15 is 0 Å². The number of hydrogen-bond donors (Lipinski definition) is 3. The van der Waals surface area contributed by atoms with Gasteiger partial charge >= 0.3 is 0 Å². The van der Waals surface area contributed by atoms with Crippen LogP contribution in [-0.2, 0) is 6.54 Å². The summed E-state index contributed by atoms with van der Waals surface area (Å²) in [5, 5.41) is 20.6. The highest BCUT2D eigenvalue weighted by atomic mass is 16.3. The van der Waals surface area contributed by atoms with Crippen molar-refractivity contribution in [2.45, 2.75) is 19.6 Å². The fraction of sp³-hybridized carbons (Fsp3) is 0.222. The highest BCUT2D eigenvalue weighted by Gasteiger charge is 2.10. The van der Waals surface area contributed by atoms with Gasteiger partial charge in [0.05, 0.1) is 18.0 Å². The maximum absolute atomic E-state index is 10.2. The number of H-pyrrole nitrogens is 1. The van der Waals surface area contributed by atoms with Crippen LogP contribution in [0.25, 0.3) is 11.3 Å². The highest BCUT2D eigenvalue weighted by molar-refractivity contribution is 5.62. The number of benzene rings is 1. The molecule has 0 aliphatic carbocycles. The molecule has 0 aliphatic rings. The average molecular weight is 308 g/mol. The average Bonchev–Trinajstić information content (AvgIpc) is 3.05. The first-order valence-electron chi connectivity index (χ1n) is 7.62. The first-order valence-corrected chi connectivity index (χ1v) is 7.62. The summed E-state index contributed by atoms with van der Waals surface area (Å²) in [5.74, 6) is 0. The van der Waals surface area contributed by atoms with Crippen LogP contribution in [0.1, 0.15) is 22.8 Å². The van der Waals surface area contributed by atoms with Crippen LogP contribution in [0.15, 0.2) is 55.0 Å². The minimum absolute atomic E-state index is 0.475. The van der Waals surface area contributed by atoms with E-state index in [1.54, 1.807) is 12.4 Å². The van der Waals surface area contributed by atoms with Crippen LogP contribution >= 0.6 is 0 Å². The van der Waals surface area contributed by atoms with Gasteiger partial charge in [-0.2, -0.15) is 5.10 Å². The van der Waals surface area contributed by atoms with E-state index in [1.807, 2.05) is 18.3 Å². The van der Waals surface area contributed by atoms with Gasteiger partial charge in [0.1, 0.15) is 0 Å². The third-order valence-electron chi connectivity index (χ3n) is 3.80. The van der Waals surface area contributed by atoms with Gasteiger partial charge in [0.15, 0.2) is 0 Å². The lowest BCUT2D eigenvalue weighted by Gasteiger charge is -2.12. The normalized spacial score (nSPS) is 12.3. The second-order valence-electron chi connectivity index (χ2n) is 5.56. The molecular formula is C18H20N4O. The molecule has 0 fully saturated rings. The smallest absolute Gasteiger partial charge is 0.0915 e. The largest absolute Gasteiger partial charge is 0.387 e. The lowest BCUT2D eigenvalue weighted by atomic mass is 10.1. The number of hydrogen-bond acceptors (Lipinski definition) is 4. The SMILES string of the molecule is Cc1ccc(-c2[nH]ncc2CNCC(O)c2ccncc2)cc1. The number of aromatic nitrogens is 3. The fourth-order valence-electron chi connectivity index (χ4n) is 2.46. The van der Waals surface area contributed by atoms with Gasteiger partial charge in [0, 0.05) is 31.0 Å². The van der Waals surface area contributed by atoms with Crippen LogP contribution < -0.4 is 5.32 Å². The molecule has 5 heteroatoms. The van der Waals surface area contributed by atoms with Crippen molar-refractivity contribution in [2.24, 2.45) is 0 Å². The molecule has 1 atom stereocenters. The fourth-order valence-corrected chi connectivity index (χ4v) is 2.46. The molecule has 0 saturated heterocycles. The summed E-state index contributed by atoms with van der Waals surface area (Å²) in [6, 6.07) is 12.0. The number of pyridine rings is 1. The molecule has 0 spiro atoms. The minimum Gasteiger partial charge on any atom is -0.387 e. The van der Waals surface area contributed by atoms with E-state index in [0.717, 1.165) is 22.4 Å². The van der Waals surface area contributed by atoms with Gasteiger partial charge in [-0.25, -0.2) is 0 Å². The number of nitrogens with zero attached hydrogens (tertiary/aromatic N) is 2. The molecule has 118 valence electrons. The number of rotatable bonds is 6. The van der Waals surface area contributed by atoms with Crippen LogP contribution in [0.3, 0.4) is 0 Å². The van der Waals surface area contributed by atoms with Crippen molar-refractivity contribution in [3.8, 4) is 11.3 Å². The Morgan fingerprint density at radius 2 is 1.87 bits per heavy atom. The molecule has 23 heavy (non-hydrogen) atoms. The Balaban J connectivity index is 1.61. The Labute approximate surface area is 135 Å². The first kappa shape index (κ1) is 15.4. The van der Waals surface area contributed by atoms with Gasteiger partial charge in [-0.1, -0.05) is 29.8 Å². The van der Waals surface area contributed by atoms with Crippen molar-refractivity contribution in [1.29, 1.82) is 0 Å². The standard InChI is InChI=1S/C18H20N4O/c1-13-2-4-15(5-3-13)18-16(11-21-22-18)10-20-12-17(23)14-6-8-19-9-7-14/h2-9,11,17,20,23H,10,12H2,1H3,(H,21,22). The van der Waals surface area contributed by atoms with E-state index in [0.29, 0.717) is 13.1 Å². The van der Waals surface area contributed by atoms with E-state index in [2.05, 4.69) is 51.7 Å². The van der Waals surface area contributed by atoms with Crippen molar-refractivity contribution in [2.75, 3.05) is 6.54 Å². The molecule has 0 saturated carbocycles. The lowest BCUT2D eigenvalue weighted by Crippen LogP contribution is -2.21. The number of aliphatic hydroxyl groups excluding tert-OH is 1. The third kappa shape index (κ3) is 3.83. The summed E-state index contributed by atoms with van der Waals surface area (Å²) >= 11 is 0. The zero-order valence-electron chi connectivity index (χ0n) is 13.0. The van der Waals surface area contributed by atoms with E-state index in [-0.39, 0.29) is 0 Å². The van der Waals surface area contributed by atoms with Gasteiger partial charge in [0.2, 0.25) is 0 Å². The van der Waals surface area contributed by atoms with Crippen LogP contribution in [0, 0.1) is 6.92 Å². The van der Waals surface area contributed by atoms with Crippen molar-refractivity contribution >= 4 is 0 Å². The predicted octanol–water partition coefficient (Wildman–Crippen LogP) is 2.60. The summed E-state index contributed by atoms with van der Waals surface area (Å²) in [5.41, 5.74) is 5.29. The molecule has 0 amide bonds. The van der Waals surface area contributed by atoms with Crippen molar-refractivity contribution in [1.82, 2.24) is 20.5 Å². The molecular weight excluding hydrogens is 288 g/mol. The number of aryl methyl sites for hydroxylation is 1. The van der Waals surface area contributed by atoms with Crippen LogP contribution in [-0.4, -0.2) is 26.8 Å². The maximum atomic E-state index is 10.2. The monoisotopic (exact) mass is 308 g/mol. The number of aliphatic hydroxyl groups is 1. The quantitative estimate of drug-likeness (QED) is 0.654. The van der Waals surface area contributed by atoms with E-state index in [1.165, 1.54) is 5.56 Å². The predicted molar refractivity (Wildman–Crippen MR) is 89.7 cm³/mol. The van der Waals surface area contributed by atoms with E-state index in [4.69, 9.17) is 0 Å². The lowest BCUT2D eigenvalue weighted by molar-refractivity contribution is 0.174. The van der Waals surface area contributed by atoms with Gasteiger partial charge in [-0.3, -0.25) is 10.1 Å². The molecule has 0 bridgehead atoms. The zero-order chi connectivity index (χ0) is 16.1. The Hall–Kier alpha value is -2.50. The molecule has 3 aromatic rings. The summed E-state index contributed by atoms with van der Waals surface area (Å²) in [6.45, 7) is 3.18. The summed E-state index contributed by atoms with van der Waals surface area (Å²) in [7, 11) is 0. The van der Waals surface area contributed by atoms with Gasteiger partial charge in [0.25, 0.3) is 0 Å². The summed E-state index contributed by atoms with van der Waals surface area (Å²) < 4.78 is 0. The molecule has 1 unspecified atom stereocenters. The van der Waals surface area contributed by atoms with E-state index in [9.17, 15) is 5.11 Å². The Morgan fingerprint density at radius 1 is 1.13 bits per heavy atom. The van der Waals surface area contributed by atoms with Gasteiger partial charge in [-0.05, 0) is 30.2 Å². The maximum Gasteiger partial charge on any atom is 0.0915 e. The second kappa shape index (κ2) is 7.17. The number of aromatic amines is 1. The van der Waals surface area contributed by atoms with Gasteiger partial charge < -0.3 is 10.4 Å². The third-order valence-corrected chi connectivity index (χ3v) is 3.80. The molecule has 2 aromatic heterocycles.